The van der Waals surface area contributed by atoms with Crippen molar-refractivity contribution in [3.05, 3.63) is 76.9 Å². The summed E-state index contributed by atoms with van der Waals surface area (Å²) in [6, 6.07) is 7.09. The minimum absolute atomic E-state index is 0.0150. The number of hydrogen-bond acceptors (Lipinski definition) is 2. The summed E-state index contributed by atoms with van der Waals surface area (Å²) in [5.74, 6) is -3.16. The normalized spacial score (nSPS) is 11.8. The van der Waals surface area contributed by atoms with Gasteiger partial charge in [0.2, 0.25) is 0 Å². The summed E-state index contributed by atoms with van der Waals surface area (Å²) in [5, 5.41) is 7.57. The van der Waals surface area contributed by atoms with Gasteiger partial charge in [-0.2, -0.15) is 18.3 Å². The van der Waals surface area contributed by atoms with E-state index in [1.807, 2.05) is 0 Å². The van der Waals surface area contributed by atoms with Gasteiger partial charge in [0.25, 0.3) is 5.91 Å². The minimum Gasteiger partial charge on any atom is -0.352 e. The van der Waals surface area contributed by atoms with Crippen LogP contribution in [-0.4, -0.2) is 27.6 Å². The highest BCUT2D eigenvalue weighted by atomic mass is 19.4. The monoisotopic (exact) mass is 452 g/mol. The van der Waals surface area contributed by atoms with Gasteiger partial charge >= 0.3 is 6.18 Å². The van der Waals surface area contributed by atoms with Gasteiger partial charge in [0.1, 0.15) is 17.5 Å². The molecule has 0 aliphatic carbocycles. The Bertz CT molecular complexity index is 1290. The van der Waals surface area contributed by atoms with Crippen LogP contribution < -0.4 is 5.32 Å². The Hall–Kier alpha value is -3.76. The van der Waals surface area contributed by atoms with Gasteiger partial charge in [-0.15, -0.1) is 0 Å². The van der Waals surface area contributed by atoms with E-state index in [0.29, 0.717) is 22.9 Å². The molecule has 0 unspecified atom stereocenters. The second-order valence-electron chi connectivity index (χ2n) is 6.96. The molecule has 0 saturated carbocycles. The Morgan fingerprint density at radius 1 is 1.03 bits per heavy atom. The Kier molecular flexibility index (Phi) is 5.41. The number of nitrogens with zero attached hydrogens (tertiary/aromatic N) is 1. The first-order valence-electron chi connectivity index (χ1n) is 9.29. The number of benzene rings is 2. The number of aromatic nitrogens is 3. The molecule has 0 atom stereocenters. The van der Waals surface area contributed by atoms with Gasteiger partial charge in [-0.1, -0.05) is 0 Å². The first-order valence-corrected chi connectivity index (χ1v) is 9.29. The van der Waals surface area contributed by atoms with Gasteiger partial charge in [-0.3, -0.25) is 9.89 Å². The van der Waals surface area contributed by atoms with Crippen molar-refractivity contribution in [2.45, 2.75) is 12.6 Å². The number of fused-ring (bicyclic) bond motifs is 1. The average molecular weight is 452 g/mol. The van der Waals surface area contributed by atoms with Crippen molar-refractivity contribution >= 4 is 16.8 Å². The van der Waals surface area contributed by atoms with Crippen LogP contribution in [0.25, 0.3) is 22.2 Å². The van der Waals surface area contributed by atoms with E-state index in [9.17, 15) is 31.1 Å². The minimum atomic E-state index is -4.79. The van der Waals surface area contributed by atoms with E-state index in [1.165, 1.54) is 24.3 Å². The van der Waals surface area contributed by atoms with Gasteiger partial charge in [0.05, 0.1) is 17.3 Å². The lowest BCUT2D eigenvalue weighted by atomic mass is 10.0. The third kappa shape index (κ3) is 4.05. The molecule has 0 aliphatic rings. The predicted octanol–water partition coefficient (Wildman–Crippen LogP) is 4.97. The van der Waals surface area contributed by atoms with Crippen molar-refractivity contribution in [2.75, 3.05) is 6.54 Å². The number of rotatable bonds is 5. The molecule has 0 radical (unpaired) electrons. The molecule has 2 aromatic heterocycles. The molecular weight excluding hydrogens is 438 g/mol. The lowest BCUT2D eigenvalue weighted by Crippen LogP contribution is -2.27. The van der Waals surface area contributed by atoms with Crippen molar-refractivity contribution in [3.8, 4) is 11.3 Å². The zero-order valence-electron chi connectivity index (χ0n) is 16.1. The summed E-state index contributed by atoms with van der Waals surface area (Å²) in [6.07, 6.45) is -4.00. The smallest absolute Gasteiger partial charge is 0.352 e. The SMILES string of the molecule is O=C(NCCc1c(-c2ccc(F)cc2)[nH]c2c(F)cc(F)cc12)c1cn[nH]c1C(F)(F)F. The summed E-state index contributed by atoms with van der Waals surface area (Å²) in [5.41, 5.74) is -0.670. The van der Waals surface area contributed by atoms with Crippen molar-refractivity contribution in [3.63, 3.8) is 0 Å². The van der Waals surface area contributed by atoms with Crippen molar-refractivity contribution in [1.82, 2.24) is 20.5 Å². The number of aromatic amines is 2. The molecule has 0 aliphatic heterocycles. The van der Waals surface area contributed by atoms with Gasteiger partial charge in [0.15, 0.2) is 5.69 Å². The van der Waals surface area contributed by atoms with Crippen LogP contribution in [0.2, 0.25) is 0 Å². The zero-order valence-corrected chi connectivity index (χ0v) is 16.1. The van der Waals surface area contributed by atoms with E-state index in [4.69, 9.17) is 0 Å². The fraction of sp³-hybridized carbons (Fsp3) is 0.143. The van der Waals surface area contributed by atoms with Crippen molar-refractivity contribution in [1.29, 1.82) is 0 Å². The summed E-state index contributed by atoms with van der Waals surface area (Å²) >= 11 is 0. The molecular formula is C21H14F6N4O. The lowest BCUT2D eigenvalue weighted by Gasteiger charge is -2.09. The Labute approximate surface area is 176 Å². The van der Waals surface area contributed by atoms with E-state index >= 15 is 0 Å². The van der Waals surface area contributed by atoms with Crippen LogP contribution in [0.4, 0.5) is 26.3 Å². The molecule has 0 fully saturated rings. The molecule has 1 amide bonds. The molecule has 0 bridgehead atoms. The molecule has 0 saturated heterocycles. The maximum atomic E-state index is 14.3. The van der Waals surface area contributed by atoms with Gasteiger partial charge in [-0.05, 0) is 47.9 Å². The largest absolute Gasteiger partial charge is 0.433 e. The number of alkyl halides is 3. The number of carbonyl (C=O) groups is 1. The molecule has 4 aromatic rings. The lowest BCUT2D eigenvalue weighted by molar-refractivity contribution is -0.141. The first kappa shape index (κ1) is 21.5. The second-order valence-corrected chi connectivity index (χ2v) is 6.96. The Balaban J connectivity index is 1.64. The maximum Gasteiger partial charge on any atom is 0.433 e. The number of carbonyl (C=O) groups excluding carboxylic acids is 1. The highest BCUT2D eigenvalue weighted by Crippen LogP contribution is 2.33. The summed E-state index contributed by atoms with van der Waals surface area (Å²) in [7, 11) is 0. The fourth-order valence-electron chi connectivity index (χ4n) is 3.47. The molecule has 166 valence electrons. The molecule has 2 heterocycles. The molecule has 32 heavy (non-hydrogen) atoms. The molecule has 11 heteroatoms. The van der Waals surface area contributed by atoms with Crippen LogP contribution in [0, 0.1) is 17.5 Å². The zero-order chi connectivity index (χ0) is 23.0. The first-order chi connectivity index (χ1) is 15.1. The molecule has 3 N–H and O–H groups in total. The third-order valence-electron chi connectivity index (χ3n) is 4.89. The summed E-state index contributed by atoms with van der Waals surface area (Å²) in [6.45, 7) is -0.138. The number of amides is 1. The Morgan fingerprint density at radius 2 is 1.75 bits per heavy atom. The third-order valence-corrected chi connectivity index (χ3v) is 4.89. The molecule has 5 nitrogen and oxygen atoms in total. The highest BCUT2D eigenvalue weighted by molar-refractivity contribution is 5.95. The van der Waals surface area contributed by atoms with Gasteiger partial charge in [-0.25, -0.2) is 13.2 Å². The van der Waals surface area contributed by atoms with E-state index in [1.54, 1.807) is 5.10 Å². The van der Waals surface area contributed by atoms with E-state index < -0.39 is 40.8 Å². The molecule has 4 rings (SSSR count). The van der Waals surface area contributed by atoms with Crippen LogP contribution in [-0.2, 0) is 12.6 Å². The van der Waals surface area contributed by atoms with Crippen LogP contribution in [0.5, 0.6) is 0 Å². The number of nitrogens with one attached hydrogen (secondary N) is 3. The summed E-state index contributed by atoms with van der Waals surface area (Å²) in [4.78, 5) is 15.1. The maximum absolute atomic E-state index is 14.3. The number of halogens is 6. The van der Waals surface area contributed by atoms with Crippen molar-refractivity contribution < 1.29 is 31.1 Å². The molecule has 0 spiro atoms. The Morgan fingerprint density at radius 3 is 2.44 bits per heavy atom. The van der Waals surface area contributed by atoms with E-state index in [0.717, 1.165) is 12.3 Å². The second kappa shape index (κ2) is 8.06. The van der Waals surface area contributed by atoms with Gasteiger partial charge in [0, 0.05) is 23.7 Å². The van der Waals surface area contributed by atoms with Crippen LogP contribution in [0.1, 0.15) is 21.6 Å². The standard InChI is InChI=1S/C21H14F6N4O/c22-11-3-1-10(2-4-11)17-13(14-7-12(23)8-16(24)18(14)30-17)5-6-28-20(32)15-9-29-31-19(15)21(25,26)27/h1-4,7-9,30H,5-6H2,(H,28,32)(H,29,31). The van der Waals surface area contributed by atoms with Crippen LogP contribution in [0.3, 0.4) is 0 Å². The van der Waals surface area contributed by atoms with Crippen molar-refractivity contribution in [2.24, 2.45) is 0 Å². The quantitative estimate of drug-likeness (QED) is 0.374. The van der Waals surface area contributed by atoms with Crippen LogP contribution >= 0.6 is 0 Å². The number of H-pyrrole nitrogens is 2. The molecule has 2 aromatic carbocycles. The summed E-state index contributed by atoms with van der Waals surface area (Å²) < 4.78 is 80.3. The highest BCUT2D eigenvalue weighted by Gasteiger charge is 2.37. The van der Waals surface area contributed by atoms with Crippen LogP contribution in [0.15, 0.2) is 42.6 Å². The van der Waals surface area contributed by atoms with E-state index in [-0.39, 0.29) is 23.9 Å². The number of hydrogen-bond donors (Lipinski definition) is 3. The fourth-order valence-corrected chi connectivity index (χ4v) is 3.47. The average Bonchev–Trinajstić information content (AvgIpc) is 3.34. The predicted molar refractivity (Wildman–Crippen MR) is 103 cm³/mol. The topological polar surface area (TPSA) is 73.6 Å². The van der Waals surface area contributed by atoms with Gasteiger partial charge < -0.3 is 10.3 Å². The van der Waals surface area contributed by atoms with E-state index in [2.05, 4.69) is 15.4 Å².